The second-order valence-corrected chi connectivity index (χ2v) is 12.0. The van der Waals surface area contributed by atoms with Crippen molar-refractivity contribution in [3.63, 3.8) is 0 Å². The predicted molar refractivity (Wildman–Crippen MR) is 160 cm³/mol. The van der Waals surface area contributed by atoms with Crippen molar-refractivity contribution in [1.29, 1.82) is 0 Å². The molecule has 12 heteroatoms. The number of nitrogens with two attached hydrogens (primary N) is 1. The summed E-state index contributed by atoms with van der Waals surface area (Å²) >= 11 is 6.32. The number of hydrogen-bond acceptors (Lipinski definition) is 7. The number of halogens is 1. The normalized spacial score (nSPS) is 14.4. The van der Waals surface area contributed by atoms with Crippen molar-refractivity contribution in [2.45, 2.75) is 39.5 Å². The van der Waals surface area contributed by atoms with Gasteiger partial charge in [-0.3, -0.25) is 19.0 Å². The molecule has 0 spiro atoms. The molecule has 3 N–H and O–H groups in total. The van der Waals surface area contributed by atoms with Gasteiger partial charge in [-0.05, 0) is 60.9 Å². The molecule has 212 valence electrons. The van der Waals surface area contributed by atoms with Crippen molar-refractivity contribution in [2.24, 2.45) is 5.73 Å². The summed E-state index contributed by atoms with van der Waals surface area (Å²) < 4.78 is 43.3. The summed E-state index contributed by atoms with van der Waals surface area (Å²) in [6.07, 6.45) is 6.37. The smallest absolute Gasteiger partial charge is 0.266 e. The Balaban J connectivity index is 0.000000446. The van der Waals surface area contributed by atoms with Gasteiger partial charge in [0.05, 0.1) is 10.7 Å². The standard InChI is InChI=1S/C20H28N2O4S3.C7H6FNO/c1-3-5-11-21(12-6-4-2)17-9-7-16(8-10-17)15-18-19(23)22(20(27)28-18)13-14-29(24,25)26;8-6-3-1-5(2-4-6)7(9)10/h7-10,15H,3-6,11-14H2,1-2H3,(H,24,25,26);1-4H,(H2,9,10). The first-order chi connectivity index (χ1) is 18.4. The number of benzene rings is 2. The van der Waals surface area contributed by atoms with E-state index >= 15 is 0 Å². The Morgan fingerprint density at radius 1 is 1.08 bits per heavy atom. The lowest BCUT2D eigenvalue weighted by Gasteiger charge is -2.24. The average Bonchev–Trinajstić information content (AvgIpc) is 3.15. The topological polar surface area (TPSA) is 121 Å². The van der Waals surface area contributed by atoms with Gasteiger partial charge in [0.2, 0.25) is 5.91 Å². The summed E-state index contributed by atoms with van der Waals surface area (Å²) in [7, 11) is -4.15. The Morgan fingerprint density at radius 2 is 1.64 bits per heavy atom. The van der Waals surface area contributed by atoms with Crippen molar-refractivity contribution in [3.8, 4) is 0 Å². The molecule has 0 aliphatic carbocycles. The van der Waals surface area contributed by atoms with E-state index in [1.807, 2.05) is 12.1 Å². The fraction of sp³-hybridized carbons (Fsp3) is 0.370. The molecular weight excluding hydrogens is 562 g/mol. The second kappa shape index (κ2) is 15.7. The Hall–Kier alpha value is -2.80. The van der Waals surface area contributed by atoms with E-state index in [1.165, 1.54) is 34.9 Å². The number of amides is 2. The molecule has 1 aliphatic rings. The molecule has 0 saturated carbocycles. The molecule has 1 aliphatic heterocycles. The first kappa shape index (κ1) is 32.4. The summed E-state index contributed by atoms with van der Waals surface area (Å²) in [5.74, 6) is -1.78. The number of rotatable bonds is 12. The van der Waals surface area contributed by atoms with E-state index in [9.17, 15) is 22.4 Å². The van der Waals surface area contributed by atoms with Gasteiger partial charge in [-0.15, -0.1) is 0 Å². The zero-order valence-corrected chi connectivity index (χ0v) is 24.5. The molecule has 1 heterocycles. The molecule has 0 atom stereocenters. The number of thiocarbonyl (C=S) groups is 1. The molecule has 0 unspecified atom stereocenters. The molecule has 0 aromatic heterocycles. The third-order valence-electron chi connectivity index (χ3n) is 5.69. The number of anilines is 1. The van der Waals surface area contributed by atoms with Gasteiger partial charge in [0, 0.05) is 30.9 Å². The first-order valence-corrected chi connectivity index (χ1v) is 15.4. The van der Waals surface area contributed by atoms with Crippen molar-refractivity contribution in [2.75, 3.05) is 30.3 Å². The quantitative estimate of drug-likeness (QED) is 0.197. The highest BCUT2D eigenvalue weighted by Gasteiger charge is 2.32. The van der Waals surface area contributed by atoms with Gasteiger partial charge in [0.1, 0.15) is 10.1 Å². The van der Waals surface area contributed by atoms with E-state index in [1.54, 1.807) is 6.08 Å². The van der Waals surface area contributed by atoms with Crippen molar-refractivity contribution in [1.82, 2.24) is 4.90 Å². The van der Waals surface area contributed by atoms with Gasteiger partial charge in [0.25, 0.3) is 16.0 Å². The van der Waals surface area contributed by atoms with Crippen molar-refractivity contribution < 1.29 is 27.0 Å². The molecule has 2 aromatic carbocycles. The lowest BCUT2D eigenvalue weighted by molar-refractivity contribution is -0.121. The molecule has 2 aromatic rings. The van der Waals surface area contributed by atoms with E-state index < -0.39 is 21.8 Å². The highest BCUT2D eigenvalue weighted by Crippen LogP contribution is 2.32. The Morgan fingerprint density at radius 3 is 2.13 bits per heavy atom. The minimum Gasteiger partial charge on any atom is -0.372 e. The summed E-state index contributed by atoms with van der Waals surface area (Å²) in [5.41, 5.74) is 7.28. The predicted octanol–water partition coefficient (Wildman–Crippen LogP) is 5.11. The molecule has 8 nitrogen and oxygen atoms in total. The largest absolute Gasteiger partial charge is 0.372 e. The van der Waals surface area contributed by atoms with Crippen LogP contribution < -0.4 is 10.6 Å². The number of unbranched alkanes of at least 4 members (excludes halogenated alkanes) is 2. The van der Waals surface area contributed by atoms with Crippen LogP contribution >= 0.6 is 24.0 Å². The molecular formula is C27H34FN3O5S3. The first-order valence-electron chi connectivity index (χ1n) is 12.6. The summed E-state index contributed by atoms with van der Waals surface area (Å²) in [4.78, 5) is 27.0. The number of nitrogens with zero attached hydrogens (tertiary/aromatic N) is 2. The number of primary amides is 1. The maximum absolute atomic E-state index is 12.5. The lowest BCUT2D eigenvalue weighted by atomic mass is 10.1. The summed E-state index contributed by atoms with van der Waals surface area (Å²) in [6, 6.07) is 13.2. The SMILES string of the molecule is CCCCN(CCCC)c1ccc(C=C2SC(=S)N(CCS(=O)(=O)O)C2=O)cc1.NC(=O)c1ccc(F)cc1. The van der Waals surface area contributed by atoms with Gasteiger partial charge in [-0.1, -0.05) is 62.8 Å². The Bertz CT molecular complexity index is 1260. The number of carbonyl (C=O) groups excluding carboxylic acids is 2. The molecule has 1 fully saturated rings. The van der Waals surface area contributed by atoms with Gasteiger partial charge in [-0.2, -0.15) is 8.42 Å². The van der Waals surface area contributed by atoms with Crippen LogP contribution in [0.1, 0.15) is 55.5 Å². The Kier molecular flexibility index (Phi) is 13.1. The highest BCUT2D eigenvalue weighted by molar-refractivity contribution is 8.26. The van der Waals surface area contributed by atoms with E-state index in [0.717, 1.165) is 56.1 Å². The van der Waals surface area contributed by atoms with Gasteiger partial charge >= 0.3 is 0 Å². The Labute approximate surface area is 239 Å². The molecule has 2 amide bonds. The van der Waals surface area contributed by atoms with Gasteiger partial charge in [-0.25, -0.2) is 4.39 Å². The van der Waals surface area contributed by atoms with E-state index in [-0.39, 0.29) is 18.3 Å². The molecule has 0 bridgehead atoms. The summed E-state index contributed by atoms with van der Waals surface area (Å²) in [6.45, 7) is 6.29. The molecule has 39 heavy (non-hydrogen) atoms. The highest BCUT2D eigenvalue weighted by atomic mass is 32.2. The minimum absolute atomic E-state index is 0.149. The monoisotopic (exact) mass is 595 g/mol. The van der Waals surface area contributed by atoms with E-state index in [4.69, 9.17) is 22.5 Å². The summed E-state index contributed by atoms with van der Waals surface area (Å²) in [5, 5.41) is 0. The zero-order chi connectivity index (χ0) is 29.0. The average molecular weight is 596 g/mol. The van der Waals surface area contributed by atoms with Crippen molar-refractivity contribution >= 4 is 62.0 Å². The maximum Gasteiger partial charge on any atom is 0.266 e. The van der Waals surface area contributed by atoms with Crippen LogP contribution in [-0.4, -0.2) is 59.4 Å². The van der Waals surface area contributed by atoms with Crippen LogP contribution in [0, 0.1) is 5.82 Å². The van der Waals surface area contributed by atoms with Crippen LogP contribution in [-0.2, 0) is 14.9 Å². The van der Waals surface area contributed by atoms with Gasteiger partial charge in [0.15, 0.2) is 0 Å². The molecule has 3 rings (SSSR count). The molecule has 0 radical (unpaired) electrons. The lowest BCUT2D eigenvalue weighted by Crippen LogP contribution is -2.32. The van der Waals surface area contributed by atoms with Crippen LogP contribution in [0.5, 0.6) is 0 Å². The third kappa shape index (κ3) is 11.1. The van der Waals surface area contributed by atoms with Crippen LogP contribution in [0.25, 0.3) is 6.08 Å². The number of hydrogen-bond donors (Lipinski definition) is 2. The van der Waals surface area contributed by atoms with E-state index in [0.29, 0.717) is 14.8 Å². The second-order valence-electron chi connectivity index (χ2n) is 8.78. The van der Waals surface area contributed by atoms with Crippen LogP contribution in [0.3, 0.4) is 0 Å². The van der Waals surface area contributed by atoms with E-state index in [2.05, 4.69) is 30.9 Å². The third-order valence-corrected chi connectivity index (χ3v) is 7.77. The number of thioether (sulfide) groups is 1. The van der Waals surface area contributed by atoms with Crippen LogP contribution in [0.15, 0.2) is 53.4 Å². The van der Waals surface area contributed by atoms with Crippen LogP contribution in [0.2, 0.25) is 0 Å². The minimum atomic E-state index is -4.15. The number of carbonyl (C=O) groups is 2. The van der Waals surface area contributed by atoms with Crippen LogP contribution in [0.4, 0.5) is 10.1 Å². The zero-order valence-electron chi connectivity index (χ0n) is 22.0. The van der Waals surface area contributed by atoms with Crippen molar-refractivity contribution in [3.05, 3.63) is 70.4 Å². The molecule has 1 saturated heterocycles. The fourth-order valence-electron chi connectivity index (χ4n) is 3.51. The van der Waals surface area contributed by atoms with Gasteiger partial charge < -0.3 is 10.6 Å². The fourth-order valence-corrected chi connectivity index (χ4v) is 5.24. The maximum atomic E-state index is 12.5.